The minimum absolute atomic E-state index is 0.133. The summed E-state index contributed by atoms with van der Waals surface area (Å²) in [5.41, 5.74) is 1.13. The molecule has 29 heavy (non-hydrogen) atoms. The molecule has 0 spiro atoms. The van der Waals surface area contributed by atoms with Gasteiger partial charge in [-0.1, -0.05) is 42.5 Å². The fraction of sp³-hybridized carbons (Fsp3) is 0.364. The van der Waals surface area contributed by atoms with Gasteiger partial charge in [-0.05, 0) is 29.7 Å². The summed E-state index contributed by atoms with van der Waals surface area (Å²) in [5.74, 6) is -0.975. The molecule has 2 atom stereocenters. The molecule has 2 fully saturated rings. The number of fused-ring (bicyclic) bond motifs is 1. The summed E-state index contributed by atoms with van der Waals surface area (Å²) in [6.07, 6.45) is -3.72. The normalized spacial score (nSPS) is 22.4. The molecule has 7 heteroatoms. The molecular formula is C22H21F3N2O2. The van der Waals surface area contributed by atoms with E-state index >= 15 is 0 Å². The average molecular weight is 402 g/mol. The highest BCUT2D eigenvalue weighted by Crippen LogP contribution is 2.34. The van der Waals surface area contributed by atoms with Gasteiger partial charge >= 0.3 is 6.18 Å². The number of halogens is 3. The van der Waals surface area contributed by atoms with E-state index < -0.39 is 11.7 Å². The first kappa shape index (κ1) is 19.6. The first-order chi connectivity index (χ1) is 13.8. The number of nitrogens with zero attached hydrogens (tertiary/aromatic N) is 2. The Hall–Kier alpha value is -2.67. The first-order valence-corrected chi connectivity index (χ1v) is 9.60. The van der Waals surface area contributed by atoms with E-state index in [9.17, 15) is 22.8 Å². The average Bonchev–Trinajstić information content (AvgIpc) is 3.20. The van der Waals surface area contributed by atoms with E-state index in [0.717, 1.165) is 23.3 Å². The van der Waals surface area contributed by atoms with Gasteiger partial charge in [0, 0.05) is 26.2 Å². The van der Waals surface area contributed by atoms with E-state index in [1.165, 1.54) is 17.0 Å². The standard InChI is InChI=1S/C22H21F3N2O2/c23-22(24,25)17-8-6-16(7-9-17)12-26-13-18-19(14-26)21(29)27(20(18)28)11-10-15-4-2-1-3-5-15/h1-9,18-19H,10-14H2/t18-,19+. The predicted octanol–water partition coefficient (Wildman–Crippen LogP) is 3.36. The Morgan fingerprint density at radius 1 is 0.828 bits per heavy atom. The maximum Gasteiger partial charge on any atom is 0.416 e. The highest BCUT2D eigenvalue weighted by atomic mass is 19.4. The number of hydrogen-bond donors (Lipinski definition) is 0. The van der Waals surface area contributed by atoms with E-state index in [2.05, 4.69) is 0 Å². The summed E-state index contributed by atoms with van der Waals surface area (Å²) in [6.45, 7) is 1.72. The summed E-state index contributed by atoms with van der Waals surface area (Å²) in [6, 6.07) is 14.7. The van der Waals surface area contributed by atoms with Crippen molar-refractivity contribution < 1.29 is 22.8 Å². The lowest BCUT2D eigenvalue weighted by molar-refractivity contribution is -0.141. The van der Waals surface area contributed by atoms with Crippen LogP contribution in [0.5, 0.6) is 0 Å². The van der Waals surface area contributed by atoms with Crippen molar-refractivity contribution >= 4 is 11.8 Å². The lowest BCUT2D eigenvalue weighted by Crippen LogP contribution is -2.37. The summed E-state index contributed by atoms with van der Waals surface area (Å²) in [5, 5.41) is 0. The van der Waals surface area contributed by atoms with E-state index in [4.69, 9.17) is 0 Å². The molecule has 2 aromatic carbocycles. The van der Waals surface area contributed by atoms with E-state index in [-0.39, 0.29) is 23.7 Å². The zero-order valence-electron chi connectivity index (χ0n) is 15.7. The van der Waals surface area contributed by atoms with Crippen molar-refractivity contribution in [1.29, 1.82) is 0 Å². The monoisotopic (exact) mass is 402 g/mol. The number of carbonyl (C=O) groups excluding carboxylic acids is 2. The third kappa shape index (κ3) is 4.05. The van der Waals surface area contributed by atoms with Crippen molar-refractivity contribution in [2.24, 2.45) is 11.8 Å². The molecule has 0 saturated carbocycles. The molecule has 2 heterocycles. The van der Waals surface area contributed by atoms with Gasteiger partial charge in [0.1, 0.15) is 0 Å². The lowest BCUT2D eigenvalue weighted by Gasteiger charge is -2.21. The third-order valence-electron chi connectivity index (χ3n) is 5.72. The van der Waals surface area contributed by atoms with Crippen molar-refractivity contribution in [2.75, 3.05) is 19.6 Å². The quantitative estimate of drug-likeness (QED) is 0.720. The topological polar surface area (TPSA) is 40.6 Å². The molecule has 0 unspecified atom stereocenters. The lowest BCUT2D eigenvalue weighted by atomic mass is 10.00. The molecule has 4 rings (SSSR count). The van der Waals surface area contributed by atoms with Gasteiger partial charge in [0.2, 0.25) is 11.8 Å². The van der Waals surface area contributed by atoms with Crippen molar-refractivity contribution in [1.82, 2.24) is 9.80 Å². The zero-order chi connectivity index (χ0) is 20.6. The molecule has 2 saturated heterocycles. The van der Waals surface area contributed by atoms with Crippen LogP contribution in [0.3, 0.4) is 0 Å². The van der Waals surface area contributed by atoms with Crippen LogP contribution in [0.4, 0.5) is 13.2 Å². The van der Waals surface area contributed by atoms with Crippen molar-refractivity contribution in [2.45, 2.75) is 19.1 Å². The van der Waals surface area contributed by atoms with Gasteiger partial charge in [-0.3, -0.25) is 19.4 Å². The van der Waals surface area contributed by atoms with Crippen molar-refractivity contribution in [3.8, 4) is 0 Å². The molecule has 2 aliphatic rings. The first-order valence-electron chi connectivity index (χ1n) is 9.60. The van der Waals surface area contributed by atoms with Crippen LogP contribution in [-0.4, -0.2) is 41.2 Å². The molecular weight excluding hydrogens is 381 g/mol. The minimum Gasteiger partial charge on any atom is -0.297 e. The number of rotatable bonds is 5. The van der Waals surface area contributed by atoms with E-state index in [1.54, 1.807) is 0 Å². The van der Waals surface area contributed by atoms with Crippen LogP contribution < -0.4 is 0 Å². The van der Waals surface area contributed by atoms with Crippen LogP contribution in [0, 0.1) is 11.8 Å². The maximum absolute atomic E-state index is 12.7. The van der Waals surface area contributed by atoms with Crippen LogP contribution in [0.25, 0.3) is 0 Å². The molecule has 0 N–H and O–H groups in total. The Morgan fingerprint density at radius 2 is 1.41 bits per heavy atom. The zero-order valence-corrected chi connectivity index (χ0v) is 15.7. The van der Waals surface area contributed by atoms with Crippen LogP contribution in [0.2, 0.25) is 0 Å². The van der Waals surface area contributed by atoms with Crippen molar-refractivity contribution in [3.63, 3.8) is 0 Å². The molecule has 2 aromatic rings. The van der Waals surface area contributed by atoms with Crippen LogP contribution >= 0.6 is 0 Å². The number of imide groups is 1. The Kier molecular flexibility index (Phi) is 5.17. The summed E-state index contributed by atoms with van der Waals surface area (Å²) >= 11 is 0. The minimum atomic E-state index is -4.36. The molecule has 2 amide bonds. The maximum atomic E-state index is 12.7. The number of carbonyl (C=O) groups is 2. The highest BCUT2D eigenvalue weighted by molar-refractivity contribution is 6.05. The molecule has 152 valence electrons. The second kappa shape index (κ2) is 7.63. The van der Waals surface area contributed by atoms with Gasteiger partial charge in [-0.2, -0.15) is 13.2 Å². The number of benzene rings is 2. The van der Waals surface area contributed by atoms with Crippen LogP contribution in [0.15, 0.2) is 54.6 Å². The summed E-state index contributed by atoms with van der Waals surface area (Å²) in [7, 11) is 0. The van der Waals surface area contributed by atoms with Crippen LogP contribution in [-0.2, 0) is 28.7 Å². The molecule has 0 radical (unpaired) electrons. The van der Waals surface area contributed by atoms with E-state index in [0.29, 0.717) is 32.6 Å². The highest BCUT2D eigenvalue weighted by Gasteiger charge is 2.51. The van der Waals surface area contributed by atoms with Crippen LogP contribution in [0.1, 0.15) is 16.7 Å². The van der Waals surface area contributed by atoms with Crippen molar-refractivity contribution in [3.05, 3.63) is 71.3 Å². The van der Waals surface area contributed by atoms with Gasteiger partial charge in [0.15, 0.2) is 0 Å². The Morgan fingerprint density at radius 3 is 1.97 bits per heavy atom. The molecule has 0 aromatic heterocycles. The Labute approximate surface area is 166 Å². The summed E-state index contributed by atoms with van der Waals surface area (Å²) in [4.78, 5) is 28.8. The SMILES string of the molecule is O=C1[C@H]2CN(Cc3ccc(C(F)(F)F)cc3)C[C@H]2C(=O)N1CCc1ccccc1. The fourth-order valence-electron chi connectivity index (χ4n) is 4.19. The van der Waals surface area contributed by atoms with Gasteiger partial charge in [-0.25, -0.2) is 0 Å². The summed E-state index contributed by atoms with van der Waals surface area (Å²) < 4.78 is 38.1. The number of likely N-dealkylation sites (tertiary alicyclic amines) is 2. The number of amides is 2. The second-order valence-corrected chi connectivity index (χ2v) is 7.67. The third-order valence-corrected chi connectivity index (χ3v) is 5.72. The Balaban J connectivity index is 1.35. The van der Waals surface area contributed by atoms with Gasteiger partial charge in [0.05, 0.1) is 17.4 Å². The van der Waals surface area contributed by atoms with Gasteiger partial charge in [-0.15, -0.1) is 0 Å². The predicted molar refractivity (Wildman–Crippen MR) is 101 cm³/mol. The molecule has 4 nitrogen and oxygen atoms in total. The largest absolute Gasteiger partial charge is 0.416 e. The molecule has 0 bridgehead atoms. The van der Waals surface area contributed by atoms with Gasteiger partial charge < -0.3 is 0 Å². The molecule has 2 aliphatic heterocycles. The Bertz CT molecular complexity index is 873. The number of alkyl halides is 3. The van der Waals surface area contributed by atoms with Gasteiger partial charge in [0.25, 0.3) is 0 Å². The smallest absolute Gasteiger partial charge is 0.297 e. The molecule has 0 aliphatic carbocycles. The fourth-order valence-corrected chi connectivity index (χ4v) is 4.19. The second-order valence-electron chi connectivity index (χ2n) is 7.67. The van der Waals surface area contributed by atoms with E-state index in [1.807, 2.05) is 35.2 Å². The number of hydrogen-bond acceptors (Lipinski definition) is 3.